The number of benzene rings is 3. The van der Waals surface area contributed by atoms with Crippen molar-refractivity contribution >= 4 is 0 Å². The Morgan fingerprint density at radius 3 is 1.46 bits per heavy atom. The minimum absolute atomic E-state index is 0.414. The molecule has 0 aromatic heterocycles. The summed E-state index contributed by atoms with van der Waals surface area (Å²) in [6, 6.07) is 30.9. The highest BCUT2D eigenvalue weighted by atomic mass is 16.5. The summed E-state index contributed by atoms with van der Waals surface area (Å²) in [5.41, 5.74) is 7.66. The highest BCUT2D eigenvalue weighted by molar-refractivity contribution is 5.70. The van der Waals surface area contributed by atoms with Crippen molar-refractivity contribution in [2.24, 2.45) is 11.8 Å². The fraction of sp³-hybridized carbons (Fsp3) is 0.259. The van der Waals surface area contributed by atoms with E-state index in [1.54, 1.807) is 11.1 Å². The molecule has 28 heavy (non-hydrogen) atoms. The first kappa shape index (κ1) is 15.3. The van der Waals surface area contributed by atoms with E-state index < -0.39 is 11.2 Å². The quantitative estimate of drug-likeness (QED) is 0.512. The smallest absolute Gasteiger partial charge is 0.142 e. The molecule has 7 rings (SSSR count). The summed E-state index contributed by atoms with van der Waals surface area (Å²) in [6.07, 6.45) is 3.94. The van der Waals surface area contributed by atoms with Crippen LogP contribution in [0.1, 0.15) is 41.5 Å². The predicted molar refractivity (Wildman–Crippen MR) is 110 cm³/mol. The number of hydrogen-bond donors (Lipinski definition) is 0. The molecule has 0 saturated heterocycles. The highest BCUT2D eigenvalue weighted by Crippen LogP contribution is 2.73. The van der Waals surface area contributed by atoms with Gasteiger partial charge in [-0.3, -0.25) is 0 Å². The van der Waals surface area contributed by atoms with E-state index in [4.69, 9.17) is 4.74 Å². The van der Waals surface area contributed by atoms with E-state index in [0.29, 0.717) is 11.8 Å². The van der Waals surface area contributed by atoms with Crippen LogP contribution in [-0.2, 0) is 15.9 Å². The van der Waals surface area contributed by atoms with Gasteiger partial charge in [-0.25, -0.2) is 0 Å². The normalized spacial score (nSPS) is 34.0. The van der Waals surface area contributed by atoms with Crippen LogP contribution >= 0.6 is 0 Å². The Balaban J connectivity index is 1.63. The Labute approximate surface area is 165 Å². The third-order valence-electron chi connectivity index (χ3n) is 7.65. The predicted octanol–water partition coefficient (Wildman–Crippen LogP) is 5.94. The minimum Gasteiger partial charge on any atom is -0.341 e. The van der Waals surface area contributed by atoms with Gasteiger partial charge in [-0.15, -0.1) is 0 Å². The van der Waals surface area contributed by atoms with Crippen LogP contribution in [0.2, 0.25) is 0 Å². The van der Waals surface area contributed by atoms with Gasteiger partial charge in [-0.05, 0) is 64.5 Å². The lowest BCUT2D eigenvalue weighted by molar-refractivity contribution is -0.0403. The van der Waals surface area contributed by atoms with Crippen molar-refractivity contribution in [1.82, 2.24) is 0 Å². The van der Waals surface area contributed by atoms with E-state index >= 15 is 0 Å². The largest absolute Gasteiger partial charge is 0.341 e. The standard InChI is InChI=1S/C27H22O/c1-3-9-20(10-4-1)26-22-13-7-8-14-23(22)27(28-26,21-11-5-2-6-12-21)25-19-16-15-18(17-19)24(25)26/h1-14,18-19H,15-17H2. The molecule has 3 aromatic carbocycles. The lowest BCUT2D eigenvalue weighted by atomic mass is 9.64. The van der Waals surface area contributed by atoms with Gasteiger partial charge >= 0.3 is 0 Å². The molecule has 4 unspecified atom stereocenters. The molecule has 3 aromatic rings. The third kappa shape index (κ3) is 1.53. The third-order valence-corrected chi connectivity index (χ3v) is 7.65. The fourth-order valence-corrected chi connectivity index (χ4v) is 6.82. The molecule has 1 fully saturated rings. The van der Waals surface area contributed by atoms with E-state index in [2.05, 4.69) is 84.9 Å². The summed E-state index contributed by atoms with van der Waals surface area (Å²) in [5.74, 6) is 1.33. The molecule has 4 bridgehead atoms. The number of fused-ring (bicyclic) bond motifs is 11. The maximum Gasteiger partial charge on any atom is 0.142 e. The molecule has 2 heterocycles. The second kappa shape index (κ2) is 5.04. The van der Waals surface area contributed by atoms with E-state index in [1.165, 1.54) is 41.5 Å². The van der Waals surface area contributed by atoms with Crippen molar-refractivity contribution in [2.75, 3.05) is 0 Å². The lowest BCUT2D eigenvalue weighted by Crippen LogP contribution is -2.31. The number of rotatable bonds is 2. The molecule has 4 atom stereocenters. The van der Waals surface area contributed by atoms with Crippen molar-refractivity contribution < 1.29 is 4.74 Å². The molecular weight excluding hydrogens is 340 g/mol. The van der Waals surface area contributed by atoms with E-state index in [1.807, 2.05) is 0 Å². The van der Waals surface area contributed by atoms with Gasteiger partial charge in [0.1, 0.15) is 11.2 Å². The molecule has 2 aliphatic heterocycles. The van der Waals surface area contributed by atoms with Crippen molar-refractivity contribution in [3.05, 3.63) is 118 Å². The van der Waals surface area contributed by atoms with Gasteiger partial charge in [-0.2, -0.15) is 0 Å². The molecular formula is C27H22O. The Morgan fingerprint density at radius 1 is 0.571 bits per heavy atom. The minimum atomic E-state index is -0.414. The average molecular weight is 362 g/mol. The van der Waals surface area contributed by atoms with Crippen molar-refractivity contribution in [1.29, 1.82) is 0 Å². The summed E-state index contributed by atoms with van der Waals surface area (Å²) in [6.45, 7) is 0. The SMILES string of the molecule is c1ccc(C23OC(c4ccccc4)(C4=C2C2CCC4C2)c2ccccc23)cc1. The van der Waals surface area contributed by atoms with Crippen LogP contribution in [0.3, 0.4) is 0 Å². The van der Waals surface area contributed by atoms with Crippen molar-refractivity contribution in [3.63, 3.8) is 0 Å². The van der Waals surface area contributed by atoms with Gasteiger partial charge in [0.2, 0.25) is 0 Å². The Kier molecular flexibility index (Phi) is 2.75. The maximum atomic E-state index is 7.36. The molecule has 0 radical (unpaired) electrons. The van der Waals surface area contributed by atoms with E-state index in [9.17, 15) is 0 Å². The second-order valence-electron chi connectivity index (χ2n) is 8.78. The molecule has 136 valence electrons. The van der Waals surface area contributed by atoms with E-state index in [0.717, 1.165) is 0 Å². The molecule has 1 heteroatoms. The summed E-state index contributed by atoms with van der Waals surface area (Å²) in [5, 5.41) is 0. The topological polar surface area (TPSA) is 9.23 Å². The van der Waals surface area contributed by atoms with Crippen LogP contribution in [0.25, 0.3) is 0 Å². The van der Waals surface area contributed by atoms with Gasteiger partial charge < -0.3 is 4.74 Å². The van der Waals surface area contributed by atoms with Crippen LogP contribution < -0.4 is 0 Å². The summed E-state index contributed by atoms with van der Waals surface area (Å²) in [7, 11) is 0. The van der Waals surface area contributed by atoms with Gasteiger partial charge in [0.15, 0.2) is 0 Å². The maximum absolute atomic E-state index is 7.36. The van der Waals surface area contributed by atoms with Gasteiger partial charge in [0, 0.05) is 0 Å². The van der Waals surface area contributed by atoms with Crippen LogP contribution in [-0.4, -0.2) is 0 Å². The zero-order chi connectivity index (χ0) is 18.3. The molecule has 0 N–H and O–H groups in total. The fourth-order valence-electron chi connectivity index (χ4n) is 6.82. The Hall–Kier alpha value is -2.64. The highest BCUT2D eigenvalue weighted by Gasteiger charge is 2.70. The second-order valence-corrected chi connectivity index (χ2v) is 8.78. The molecule has 2 aliphatic carbocycles. The van der Waals surface area contributed by atoms with E-state index in [-0.39, 0.29) is 0 Å². The molecule has 4 aliphatic rings. The zero-order valence-electron chi connectivity index (χ0n) is 15.8. The average Bonchev–Trinajstić information content (AvgIpc) is 3.52. The number of ether oxygens (including phenoxy) is 1. The van der Waals surface area contributed by atoms with Gasteiger partial charge in [0.25, 0.3) is 0 Å². The van der Waals surface area contributed by atoms with Crippen LogP contribution in [0.5, 0.6) is 0 Å². The molecule has 1 nitrogen and oxygen atoms in total. The van der Waals surface area contributed by atoms with Gasteiger partial charge in [-0.1, -0.05) is 84.9 Å². The van der Waals surface area contributed by atoms with Crippen molar-refractivity contribution in [2.45, 2.75) is 30.5 Å². The summed E-state index contributed by atoms with van der Waals surface area (Å²) >= 11 is 0. The Bertz CT molecular complexity index is 1040. The van der Waals surface area contributed by atoms with Crippen LogP contribution in [0, 0.1) is 11.8 Å². The first-order chi connectivity index (χ1) is 13.9. The zero-order valence-corrected chi connectivity index (χ0v) is 15.8. The Morgan fingerprint density at radius 2 is 1.00 bits per heavy atom. The first-order valence-electron chi connectivity index (χ1n) is 10.5. The molecule has 1 saturated carbocycles. The molecule has 0 amide bonds. The first-order valence-corrected chi connectivity index (χ1v) is 10.5. The number of hydrogen-bond acceptors (Lipinski definition) is 1. The monoisotopic (exact) mass is 362 g/mol. The van der Waals surface area contributed by atoms with Gasteiger partial charge in [0.05, 0.1) is 0 Å². The van der Waals surface area contributed by atoms with Crippen molar-refractivity contribution in [3.8, 4) is 0 Å². The molecule has 0 spiro atoms. The lowest BCUT2D eigenvalue weighted by Gasteiger charge is -2.35. The van der Waals surface area contributed by atoms with Crippen LogP contribution in [0.15, 0.2) is 96.1 Å². The van der Waals surface area contributed by atoms with Crippen LogP contribution in [0.4, 0.5) is 0 Å². The summed E-state index contributed by atoms with van der Waals surface area (Å²) in [4.78, 5) is 0. The summed E-state index contributed by atoms with van der Waals surface area (Å²) < 4.78 is 7.36.